The first-order valence-electron chi connectivity index (χ1n) is 5.10. The fraction of sp³-hybridized carbons (Fsp3) is 0.500. The van der Waals surface area contributed by atoms with Gasteiger partial charge in [0.05, 0.1) is 5.54 Å². The Morgan fingerprint density at radius 3 is 2.60 bits per heavy atom. The standard InChI is InChI=1S/C12H16FN.ClH/c1-9-5-3-4-6-10(9)12(2)11(13)7-8-14-12;/h3-6,11,14H,7-8H2,1-2H3;1H. The molecule has 2 rings (SSSR count). The molecule has 84 valence electrons. The van der Waals surface area contributed by atoms with Crippen LogP contribution in [0.3, 0.4) is 0 Å². The van der Waals surface area contributed by atoms with Crippen molar-refractivity contribution in [2.24, 2.45) is 0 Å². The van der Waals surface area contributed by atoms with Crippen molar-refractivity contribution in [1.29, 1.82) is 0 Å². The van der Waals surface area contributed by atoms with Crippen molar-refractivity contribution >= 4 is 12.4 Å². The number of aryl methyl sites for hydroxylation is 1. The maximum atomic E-state index is 13.8. The summed E-state index contributed by atoms with van der Waals surface area (Å²) in [6.45, 7) is 4.76. The third-order valence-electron chi connectivity index (χ3n) is 3.22. The zero-order chi connectivity index (χ0) is 10.2. The van der Waals surface area contributed by atoms with Crippen LogP contribution < -0.4 is 5.32 Å². The van der Waals surface area contributed by atoms with Gasteiger partial charge in [-0.25, -0.2) is 4.39 Å². The minimum atomic E-state index is -0.774. The number of rotatable bonds is 1. The van der Waals surface area contributed by atoms with Crippen molar-refractivity contribution in [2.45, 2.75) is 32.0 Å². The maximum Gasteiger partial charge on any atom is 0.123 e. The molecule has 1 nitrogen and oxygen atoms in total. The lowest BCUT2D eigenvalue weighted by Crippen LogP contribution is -2.40. The van der Waals surface area contributed by atoms with Gasteiger partial charge in [0.1, 0.15) is 6.17 Å². The molecule has 1 aliphatic rings. The zero-order valence-corrected chi connectivity index (χ0v) is 9.90. The molecule has 0 radical (unpaired) electrons. The van der Waals surface area contributed by atoms with Gasteiger partial charge in [0.15, 0.2) is 0 Å². The van der Waals surface area contributed by atoms with Crippen molar-refractivity contribution < 1.29 is 4.39 Å². The number of halogens is 2. The fourth-order valence-electron chi connectivity index (χ4n) is 2.28. The summed E-state index contributed by atoms with van der Waals surface area (Å²) in [7, 11) is 0. The van der Waals surface area contributed by atoms with E-state index in [1.807, 2.05) is 38.1 Å². The first kappa shape index (κ1) is 12.5. The fourth-order valence-corrected chi connectivity index (χ4v) is 2.28. The van der Waals surface area contributed by atoms with Crippen molar-refractivity contribution in [1.82, 2.24) is 5.32 Å². The van der Waals surface area contributed by atoms with Crippen molar-refractivity contribution in [3.05, 3.63) is 35.4 Å². The second-order valence-electron chi connectivity index (χ2n) is 4.20. The summed E-state index contributed by atoms with van der Waals surface area (Å²) in [4.78, 5) is 0. The molecule has 0 saturated carbocycles. The molecule has 1 N–H and O–H groups in total. The highest BCUT2D eigenvalue weighted by molar-refractivity contribution is 5.85. The van der Waals surface area contributed by atoms with Gasteiger partial charge in [-0.15, -0.1) is 12.4 Å². The average Bonchev–Trinajstić information content (AvgIpc) is 2.49. The summed E-state index contributed by atoms with van der Waals surface area (Å²) in [5.41, 5.74) is 1.77. The van der Waals surface area contributed by atoms with E-state index in [9.17, 15) is 4.39 Å². The highest BCUT2D eigenvalue weighted by atomic mass is 35.5. The lowest BCUT2D eigenvalue weighted by Gasteiger charge is -2.29. The third-order valence-corrected chi connectivity index (χ3v) is 3.22. The highest BCUT2D eigenvalue weighted by Crippen LogP contribution is 2.34. The molecule has 0 aromatic heterocycles. The van der Waals surface area contributed by atoms with Gasteiger partial charge in [-0.05, 0) is 37.9 Å². The second kappa shape index (κ2) is 4.50. The van der Waals surface area contributed by atoms with E-state index in [-0.39, 0.29) is 12.4 Å². The third kappa shape index (κ3) is 2.01. The Bertz CT molecular complexity index is 342. The van der Waals surface area contributed by atoms with Gasteiger partial charge in [-0.1, -0.05) is 24.3 Å². The Morgan fingerprint density at radius 1 is 1.40 bits per heavy atom. The lowest BCUT2D eigenvalue weighted by molar-refractivity contribution is 0.219. The minimum Gasteiger partial charge on any atom is -0.305 e. The van der Waals surface area contributed by atoms with Crippen LogP contribution in [-0.4, -0.2) is 12.7 Å². The van der Waals surface area contributed by atoms with Crippen LogP contribution in [-0.2, 0) is 5.54 Å². The molecule has 1 saturated heterocycles. The molecule has 1 aromatic carbocycles. The first-order valence-corrected chi connectivity index (χ1v) is 5.10. The Morgan fingerprint density at radius 2 is 2.07 bits per heavy atom. The molecule has 1 aromatic rings. The molecule has 0 aliphatic carbocycles. The Labute approximate surface area is 96.5 Å². The number of benzene rings is 1. The zero-order valence-electron chi connectivity index (χ0n) is 9.09. The molecule has 15 heavy (non-hydrogen) atoms. The van der Waals surface area contributed by atoms with E-state index < -0.39 is 11.7 Å². The SMILES string of the molecule is Cc1ccccc1C1(C)NCCC1F.Cl. The largest absolute Gasteiger partial charge is 0.305 e. The van der Waals surface area contributed by atoms with Crippen molar-refractivity contribution in [3.8, 4) is 0 Å². The molecular weight excluding hydrogens is 213 g/mol. The van der Waals surface area contributed by atoms with Crippen molar-refractivity contribution in [3.63, 3.8) is 0 Å². The van der Waals surface area contributed by atoms with Gasteiger partial charge in [-0.3, -0.25) is 0 Å². The van der Waals surface area contributed by atoms with Gasteiger partial charge in [0.25, 0.3) is 0 Å². The van der Waals surface area contributed by atoms with Crippen LogP contribution in [0.5, 0.6) is 0 Å². The van der Waals surface area contributed by atoms with Crippen LogP contribution in [0.1, 0.15) is 24.5 Å². The Balaban J connectivity index is 0.00000112. The van der Waals surface area contributed by atoms with Crippen LogP contribution in [0, 0.1) is 6.92 Å². The predicted molar refractivity (Wildman–Crippen MR) is 63.3 cm³/mol. The topological polar surface area (TPSA) is 12.0 Å². The minimum absolute atomic E-state index is 0. The van der Waals surface area contributed by atoms with E-state index >= 15 is 0 Å². The van der Waals surface area contributed by atoms with Gasteiger partial charge < -0.3 is 5.32 Å². The monoisotopic (exact) mass is 229 g/mol. The smallest absolute Gasteiger partial charge is 0.123 e. The molecule has 2 unspecified atom stereocenters. The van der Waals surface area contributed by atoms with Gasteiger partial charge >= 0.3 is 0 Å². The van der Waals surface area contributed by atoms with E-state index in [0.29, 0.717) is 6.42 Å². The average molecular weight is 230 g/mol. The van der Waals surface area contributed by atoms with Crippen LogP contribution in [0.15, 0.2) is 24.3 Å². The Hall–Kier alpha value is -0.600. The van der Waals surface area contributed by atoms with Crippen molar-refractivity contribution in [2.75, 3.05) is 6.54 Å². The van der Waals surface area contributed by atoms with E-state index in [1.54, 1.807) is 0 Å². The highest BCUT2D eigenvalue weighted by Gasteiger charge is 2.40. The van der Waals surface area contributed by atoms with E-state index in [4.69, 9.17) is 0 Å². The summed E-state index contributed by atoms with van der Waals surface area (Å²) in [6, 6.07) is 8.01. The van der Waals surface area contributed by atoms with Gasteiger partial charge in [0, 0.05) is 0 Å². The quantitative estimate of drug-likeness (QED) is 0.781. The molecule has 2 atom stereocenters. The summed E-state index contributed by atoms with van der Waals surface area (Å²) in [5.74, 6) is 0. The van der Waals surface area contributed by atoms with Crippen LogP contribution >= 0.6 is 12.4 Å². The lowest BCUT2D eigenvalue weighted by atomic mass is 9.86. The van der Waals surface area contributed by atoms with Crippen LogP contribution in [0.25, 0.3) is 0 Å². The maximum absolute atomic E-state index is 13.8. The number of hydrogen-bond donors (Lipinski definition) is 1. The second-order valence-corrected chi connectivity index (χ2v) is 4.20. The number of alkyl halides is 1. The summed E-state index contributed by atoms with van der Waals surface area (Å²) in [6.07, 6.45) is -0.159. The summed E-state index contributed by atoms with van der Waals surface area (Å²) >= 11 is 0. The van der Waals surface area contributed by atoms with Crippen LogP contribution in [0.4, 0.5) is 4.39 Å². The first-order chi connectivity index (χ1) is 6.64. The molecule has 0 spiro atoms. The summed E-state index contributed by atoms with van der Waals surface area (Å²) < 4.78 is 13.8. The molecule has 1 heterocycles. The molecule has 0 bridgehead atoms. The number of nitrogens with one attached hydrogen (secondary N) is 1. The summed E-state index contributed by atoms with van der Waals surface area (Å²) in [5, 5.41) is 3.26. The van der Waals surface area contributed by atoms with Gasteiger partial charge in [-0.2, -0.15) is 0 Å². The Kier molecular flexibility index (Phi) is 3.74. The predicted octanol–water partition coefficient (Wildman–Crippen LogP) is 2.96. The van der Waals surface area contributed by atoms with E-state index in [0.717, 1.165) is 17.7 Å². The molecular formula is C12H17ClFN. The van der Waals surface area contributed by atoms with Gasteiger partial charge in [0.2, 0.25) is 0 Å². The molecule has 1 aliphatic heterocycles. The van der Waals surface area contributed by atoms with E-state index in [2.05, 4.69) is 5.32 Å². The molecule has 3 heteroatoms. The normalized spacial score (nSPS) is 29.9. The van der Waals surface area contributed by atoms with E-state index in [1.165, 1.54) is 0 Å². The molecule has 1 fully saturated rings. The van der Waals surface area contributed by atoms with Crippen LogP contribution in [0.2, 0.25) is 0 Å². The molecule has 0 amide bonds. The number of hydrogen-bond acceptors (Lipinski definition) is 1.